The number of nitrogens with zero attached hydrogens (tertiary/aromatic N) is 1. The van der Waals surface area contributed by atoms with Gasteiger partial charge in [0.15, 0.2) is 0 Å². The largest absolute Gasteiger partial charge is 0.378 e. The van der Waals surface area contributed by atoms with Crippen molar-refractivity contribution in [3.8, 4) is 0 Å². The van der Waals surface area contributed by atoms with Gasteiger partial charge in [0.1, 0.15) is 5.82 Å². The maximum atomic E-state index is 13.1. The average molecular weight is 345 g/mol. The second-order valence-electron chi connectivity index (χ2n) is 4.79. The molecule has 1 aromatic rings. The zero-order chi connectivity index (χ0) is 14.5. The van der Waals surface area contributed by atoms with Gasteiger partial charge in [-0.2, -0.15) is 0 Å². The molecule has 1 amide bonds. The fraction of sp³-hybridized carbons (Fsp3) is 0.500. The number of ether oxygens (including phenoxy) is 1. The monoisotopic (exact) mass is 344 g/mol. The zero-order valence-electron chi connectivity index (χ0n) is 11.4. The number of rotatable bonds is 4. The Morgan fingerprint density at radius 1 is 1.50 bits per heavy atom. The van der Waals surface area contributed by atoms with E-state index in [1.54, 1.807) is 12.1 Å². The van der Waals surface area contributed by atoms with E-state index in [0.717, 1.165) is 5.56 Å². The van der Waals surface area contributed by atoms with Crippen LogP contribution in [0.2, 0.25) is 0 Å². The van der Waals surface area contributed by atoms with Gasteiger partial charge in [0.2, 0.25) is 5.91 Å². The summed E-state index contributed by atoms with van der Waals surface area (Å²) in [5.74, 6) is -0.208. The molecule has 1 heterocycles. The van der Waals surface area contributed by atoms with Crippen LogP contribution < -0.4 is 5.32 Å². The number of hydrogen-bond donors (Lipinski definition) is 1. The second kappa shape index (κ2) is 7.15. The van der Waals surface area contributed by atoms with Crippen LogP contribution in [-0.2, 0) is 16.1 Å². The second-order valence-corrected chi connectivity index (χ2v) is 5.64. The van der Waals surface area contributed by atoms with Crippen molar-refractivity contribution in [1.82, 2.24) is 10.2 Å². The van der Waals surface area contributed by atoms with Gasteiger partial charge in [-0.3, -0.25) is 4.79 Å². The average Bonchev–Trinajstić information content (AvgIpc) is 2.48. The van der Waals surface area contributed by atoms with Gasteiger partial charge in [0.25, 0.3) is 0 Å². The fourth-order valence-corrected chi connectivity index (χ4v) is 2.49. The summed E-state index contributed by atoms with van der Waals surface area (Å²) in [6.45, 7) is 4.86. The summed E-state index contributed by atoms with van der Waals surface area (Å²) in [4.78, 5) is 14.0. The zero-order valence-corrected chi connectivity index (χ0v) is 13.0. The lowest BCUT2D eigenvalue weighted by atomic mass is 10.2. The van der Waals surface area contributed by atoms with Crippen molar-refractivity contribution in [1.29, 1.82) is 0 Å². The Balaban J connectivity index is 1.85. The smallest absolute Gasteiger partial charge is 0.239 e. The molecule has 4 nitrogen and oxygen atoms in total. The van der Waals surface area contributed by atoms with Crippen LogP contribution in [0.25, 0.3) is 0 Å². The highest BCUT2D eigenvalue weighted by atomic mass is 79.9. The Bertz CT molecular complexity index is 478. The molecule has 1 aliphatic heterocycles. The van der Waals surface area contributed by atoms with Gasteiger partial charge in [-0.1, -0.05) is 6.07 Å². The van der Waals surface area contributed by atoms with Crippen LogP contribution in [0.1, 0.15) is 12.5 Å². The minimum Gasteiger partial charge on any atom is -0.378 e. The van der Waals surface area contributed by atoms with E-state index in [0.29, 0.717) is 37.3 Å². The van der Waals surface area contributed by atoms with Gasteiger partial charge in [-0.05, 0) is 40.5 Å². The van der Waals surface area contributed by atoms with Crippen LogP contribution in [-0.4, -0.2) is 43.2 Å². The Morgan fingerprint density at radius 3 is 2.85 bits per heavy atom. The van der Waals surface area contributed by atoms with Crippen molar-refractivity contribution >= 4 is 21.8 Å². The van der Waals surface area contributed by atoms with Gasteiger partial charge < -0.3 is 15.0 Å². The van der Waals surface area contributed by atoms with Gasteiger partial charge in [0.05, 0.1) is 23.7 Å². The highest BCUT2D eigenvalue weighted by molar-refractivity contribution is 9.10. The summed E-state index contributed by atoms with van der Waals surface area (Å²) < 4.78 is 18.8. The lowest BCUT2D eigenvalue weighted by Crippen LogP contribution is -2.49. The first kappa shape index (κ1) is 15.4. The predicted molar refractivity (Wildman–Crippen MR) is 77.8 cm³/mol. The van der Waals surface area contributed by atoms with E-state index in [2.05, 4.69) is 21.2 Å². The first-order valence-electron chi connectivity index (χ1n) is 6.62. The third kappa shape index (κ3) is 4.01. The molecule has 1 fully saturated rings. The van der Waals surface area contributed by atoms with Crippen molar-refractivity contribution < 1.29 is 13.9 Å². The number of morpholine rings is 1. The summed E-state index contributed by atoms with van der Waals surface area (Å²) in [7, 11) is 0. The van der Waals surface area contributed by atoms with E-state index in [4.69, 9.17) is 4.74 Å². The number of nitrogens with one attached hydrogen (secondary N) is 1. The van der Waals surface area contributed by atoms with E-state index in [1.807, 2.05) is 11.8 Å². The van der Waals surface area contributed by atoms with Crippen molar-refractivity contribution in [2.45, 2.75) is 19.5 Å². The lowest BCUT2D eigenvalue weighted by Gasteiger charge is -2.29. The fourth-order valence-electron chi connectivity index (χ4n) is 2.07. The Morgan fingerprint density at radius 2 is 2.20 bits per heavy atom. The number of carbonyl (C=O) groups excluding carboxylic acids is 1. The number of halogens is 2. The number of amides is 1. The van der Waals surface area contributed by atoms with Crippen molar-refractivity contribution in [2.24, 2.45) is 0 Å². The molecule has 0 radical (unpaired) electrons. The van der Waals surface area contributed by atoms with Crippen LogP contribution >= 0.6 is 15.9 Å². The molecule has 1 N–H and O–H groups in total. The maximum Gasteiger partial charge on any atom is 0.239 e. The van der Waals surface area contributed by atoms with Crippen LogP contribution in [0.3, 0.4) is 0 Å². The first-order valence-corrected chi connectivity index (χ1v) is 7.41. The van der Waals surface area contributed by atoms with E-state index < -0.39 is 0 Å². The van der Waals surface area contributed by atoms with Crippen LogP contribution in [0.4, 0.5) is 4.39 Å². The summed E-state index contributed by atoms with van der Waals surface area (Å²) in [6.07, 6.45) is 0. The molecule has 1 atom stereocenters. The SMILES string of the molecule is CC(NCc1ccc(F)c(Br)c1)C(=O)N1CCOCC1. The highest BCUT2D eigenvalue weighted by Gasteiger charge is 2.21. The Labute approximate surface area is 126 Å². The van der Waals surface area contributed by atoms with Crippen molar-refractivity contribution in [3.05, 3.63) is 34.1 Å². The van der Waals surface area contributed by atoms with Crippen molar-refractivity contribution in [3.63, 3.8) is 0 Å². The van der Waals surface area contributed by atoms with Gasteiger partial charge in [-0.25, -0.2) is 4.39 Å². The molecule has 1 unspecified atom stereocenters. The molecule has 0 aromatic heterocycles. The quantitative estimate of drug-likeness (QED) is 0.907. The van der Waals surface area contributed by atoms with Gasteiger partial charge >= 0.3 is 0 Å². The summed E-state index contributed by atoms with van der Waals surface area (Å²) in [5.41, 5.74) is 0.930. The van der Waals surface area contributed by atoms with Crippen LogP contribution in [0.15, 0.2) is 22.7 Å². The standard InChI is InChI=1S/C14H18BrFN2O2/c1-10(14(19)18-4-6-20-7-5-18)17-9-11-2-3-13(16)12(15)8-11/h2-3,8,10,17H,4-7,9H2,1H3. The number of hydrogen-bond acceptors (Lipinski definition) is 3. The summed E-state index contributed by atoms with van der Waals surface area (Å²) >= 11 is 3.15. The highest BCUT2D eigenvalue weighted by Crippen LogP contribution is 2.16. The molecule has 0 spiro atoms. The Hall–Kier alpha value is -0.980. The number of carbonyl (C=O) groups is 1. The van der Waals surface area contributed by atoms with E-state index in [1.165, 1.54) is 6.07 Å². The third-order valence-electron chi connectivity index (χ3n) is 3.29. The van der Waals surface area contributed by atoms with Gasteiger partial charge in [0, 0.05) is 19.6 Å². The Kier molecular flexibility index (Phi) is 5.51. The number of benzene rings is 1. The molecule has 0 saturated carbocycles. The molecular weight excluding hydrogens is 327 g/mol. The molecule has 1 aliphatic rings. The molecular formula is C14H18BrFN2O2. The molecule has 0 aliphatic carbocycles. The topological polar surface area (TPSA) is 41.6 Å². The van der Waals surface area contributed by atoms with E-state index in [-0.39, 0.29) is 17.8 Å². The molecule has 1 aromatic carbocycles. The molecule has 6 heteroatoms. The molecule has 1 saturated heterocycles. The van der Waals surface area contributed by atoms with E-state index >= 15 is 0 Å². The molecule has 0 bridgehead atoms. The molecule has 2 rings (SSSR count). The van der Waals surface area contributed by atoms with Crippen molar-refractivity contribution in [2.75, 3.05) is 26.3 Å². The summed E-state index contributed by atoms with van der Waals surface area (Å²) in [5, 5.41) is 3.17. The van der Waals surface area contributed by atoms with Crippen LogP contribution in [0.5, 0.6) is 0 Å². The minimum absolute atomic E-state index is 0.0782. The maximum absolute atomic E-state index is 13.1. The van der Waals surface area contributed by atoms with Crippen LogP contribution in [0, 0.1) is 5.82 Å². The van der Waals surface area contributed by atoms with Gasteiger partial charge in [-0.15, -0.1) is 0 Å². The minimum atomic E-state index is -0.286. The third-order valence-corrected chi connectivity index (χ3v) is 3.90. The normalized spacial score (nSPS) is 17.1. The lowest BCUT2D eigenvalue weighted by molar-refractivity contribution is -0.137. The first-order chi connectivity index (χ1) is 9.58. The van der Waals surface area contributed by atoms with E-state index in [9.17, 15) is 9.18 Å². The summed E-state index contributed by atoms with van der Waals surface area (Å²) in [6, 6.07) is 4.57. The molecule has 20 heavy (non-hydrogen) atoms. The molecule has 110 valence electrons. The predicted octanol–water partition coefficient (Wildman–Crippen LogP) is 1.93.